The van der Waals surface area contributed by atoms with Crippen molar-refractivity contribution in [3.05, 3.63) is 66.0 Å². The van der Waals surface area contributed by atoms with Gasteiger partial charge in [0.15, 0.2) is 0 Å². The molecule has 3 rings (SSSR count). The number of para-hydroxylation sites is 2. The van der Waals surface area contributed by atoms with Crippen LogP contribution in [0.15, 0.2) is 54.6 Å². The molecule has 5 heteroatoms. The van der Waals surface area contributed by atoms with E-state index in [2.05, 4.69) is 28.6 Å². The summed E-state index contributed by atoms with van der Waals surface area (Å²) >= 11 is 0. The lowest BCUT2D eigenvalue weighted by molar-refractivity contribution is -0.138. The SMILES string of the molecule is CC(c1ccccc1)n1c(CC(N)C(=O)O)nc2ccccc21. The van der Waals surface area contributed by atoms with Gasteiger partial charge in [0.25, 0.3) is 0 Å². The first kappa shape index (κ1) is 15.2. The van der Waals surface area contributed by atoms with Crippen molar-refractivity contribution in [2.75, 3.05) is 0 Å². The number of carbonyl (C=O) groups is 1. The first-order valence-electron chi connectivity index (χ1n) is 7.57. The van der Waals surface area contributed by atoms with Crippen LogP contribution in [0.5, 0.6) is 0 Å². The van der Waals surface area contributed by atoms with E-state index >= 15 is 0 Å². The first-order chi connectivity index (χ1) is 11.1. The van der Waals surface area contributed by atoms with Crippen molar-refractivity contribution < 1.29 is 9.90 Å². The summed E-state index contributed by atoms with van der Waals surface area (Å²) in [6.07, 6.45) is 0.196. The minimum absolute atomic E-state index is 0.0413. The van der Waals surface area contributed by atoms with E-state index in [0.29, 0.717) is 5.82 Å². The molecule has 0 spiro atoms. The molecule has 5 nitrogen and oxygen atoms in total. The number of rotatable bonds is 5. The van der Waals surface area contributed by atoms with Crippen LogP contribution in [0.1, 0.15) is 24.4 Å². The number of fused-ring (bicyclic) bond motifs is 1. The number of benzene rings is 2. The molecule has 3 aromatic rings. The smallest absolute Gasteiger partial charge is 0.320 e. The van der Waals surface area contributed by atoms with Gasteiger partial charge in [0.1, 0.15) is 11.9 Å². The second kappa shape index (κ2) is 6.22. The second-order valence-corrected chi connectivity index (χ2v) is 5.62. The summed E-state index contributed by atoms with van der Waals surface area (Å²) in [6, 6.07) is 17.0. The van der Waals surface area contributed by atoms with Gasteiger partial charge < -0.3 is 15.4 Å². The predicted molar refractivity (Wildman–Crippen MR) is 89.3 cm³/mol. The van der Waals surface area contributed by atoms with Crippen LogP contribution < -0.4 is 5.73 Å². The fraction of sp³-hybridized carbons (Fsp3) is 0.222. The molecule has 0 fully saturated rings. The Hall–Kier alpha value is -2.66. The molecular formula is C18H19N3O2. The van der Waals surface area contributed by atoms with Crippen LogP contribution in [-0.4, -0.2) is 26.7 Å². The maximum absolute atomic E-state index is 11.1. The lowest BCUT2D eigenvalue weighted by Crippen LogP contribution is -2.33. The third kappa shape index (κ3) is 2.96. The lowest BCUT2D eigenvalue weighted by atomic mass is 10.1. The molecule has 23 heavy (non-hydrogen) atoms. The zero-order chi connectivity index (χ0) is 16.4. The minimum Gasteiger partial charge on any atom is -0.480 e. The molecule has 0 bridgehead atoms. The van der Waals surface area contributed by atoms with Gasteiger partial charge in [-0.1, -0.05) is 42.5 Å². The molecule has 0 aliphatic heterocycles. The number of carboxylic acid groups (broad SMARTS) is 1. The molecule has 2 unspecified atom stereocenters. The summed E-state index contributed by atoms with van der Waals surface area (Å²) in [7, 11) is 0. The topological polar surface area (TPSA) is 81.1 Å². The van der Waals surface area contributed by atoms with Crippen LogP contribution >= 0.6 is 0 Å². The van der Waals surface area contributed by atoms with Crippen LogP contribution in [0.3, 0.4) is 0 Å². The largest absolute Gasteiger partial charge is 0.480 e. The fourth-order valence-corrected chi connectivity index (χ4v) is 2.84. The number of nitrogens with two attached hydrogens (primary N) is 1. The Labute approximate surface area is 134 Å². The molecule has 0 saturated heterocycles. The summed E-state index contributed by atoms with van der Waals surface area (Å²) in [5.41, 5.74) is 8.70. The minimum atomic E-state index is -1.02. The normalized spacial score (nSPS) is 13.8. The lowest BCUT2D eigenvalue weighted by Gasteiger charge is -2.19. The second-order valence-electron chi connectivity index (χ2n) is 5.62. The molecule has 2 atom stereocenters. The Morgan fingerprint density at radius 2 is 1.83 bits per heavy atom. The molecule has 1 aromatic heterocycles. The Morgan fingerprint density at radius 3 is 2.52 bits per heavy atom. The molecular weight excluding hydrogens is 290 g/mol. The highest BCUT2D eigenvalue weighted by Crippen LogP contribution is 2.26. The summed E-state index contributed by atoms with van der Waals surface area (Å²) in [5.74, 6) is -0.326. The van der Waals surface area contributed by atoms with Gasteiger partial charge in [-0.2, -0.15) is 0 Å². The van der Waals surface area contributed by atoms with Crippen molar-refractivity contribution in [1.82, 2.24) is 9.55 Å². The summed E-state index contributed by atoms with van der Waals surface area (Å²) in [4.78, 5) is 15.7. The molecule has 0 aliphatic carbocycles. The van der Waals surface area contributed by atoms with Gasteiger partial charge in [-0.25, -0.2) is 4.98 Å². The van der Waals surface area contributed by atoms with Crippen LogP contribution in [0, 0.1) is 0 Å². The van der Waals surface area contributed by atoms with Gasteiger partial charge in [-0.3, -0.25) is 4.79 Å². The van der Waals surface area contributed by atoms with Crippen molar-refractivity contribution >= 4 is 17.0 Å². The standard InChI is InChI=1S/C18H19N3O2/c1-12(13-7-3-2-4-8-13)21-16-10-6-5-9-15(16)20-17(21)11-14(19)18(22)23/h2-10,12,14H,11,19H2,1H3,(H,22,23). The van der Waals surface area contributed by atoms with E-state index in [1.165, 1.54) is 0 Å². The predicted octanol–water partition coefficient (Wildman–Crippen LogP) is 2.60. The highest BCUT2D eigenvalue weighted by atomic mass is 16.4. The number of aliphatic carboxylic acids is 1. The molecule has 1 heterocycles. The quantitative estimate of drug-likeness (QED) is 0.759. The van der Waals surface area contributed by atoms with Crippen molar-refractivity contribution in [2.24, 2.45) is 5.73 Å². The number of hydrogen-bond donors (Lipinski definition) is 2. The van der Waals surface area contributed by atoms with E-state index in [1.54, 1.807) is 0 Å². The third-order valence-electron chi connectivity index (χ3n) is 4.06. The van der Waals surface area contributed by atoms with Gasteiger partial charge in [-0.15, -0.1) is 0 Å². The van der Waals surface area contributed by atoms with Gasteiger partial charge >= 0.3 is 5.97 Å². The first-order valence-corrected chi connectivity index (χ1v) is 7.57. The average Bonchev–Trinajstić information content (AvgIpc) is 2.92. The third-order valence-corrected chi connectivity index (χ3v) is 4.06. The van der Waals surface area contributed by atoms with Crippen molar-refractivity contribution in [2.45, 2.75) is 25.4 Å². The van der Waals surface area contributed by atoms with Crippen molar-refractivity contribution in [3.8, 4) is 0 Å². The van der Waals surface area contributed by atoms with Gasteiger partial charge in [0.05, 0.1) is 17.1 Å². The highest BCUT2D eigenvalue weighted by molar-refractivity contribution is 5.77. The number of imidazole rings is 1. The molecule has 0 radical (unpaired) electrons. The summed E-state index contributed by atoms with van der Waals surface area (Å²) < 4.78 is 2.08. The molecule has 0 amide bonds. The Bertz CT molecular complexity index is 827. The Balaban J connectivity index is 2.11. The van der Waals surface area contributed by atoms with Crippen molar-refractivity contribution in [1.29, 1.82) is 0 Å². The van der Waals surface area contributed by atoms with E-state index in [9.17, 15) is 4.79 Å². The molecule has 2 aromatic carbocycles. The van der Waals surface area contributed by atoms with Crippen LogP contribution in [0.25, 0.3) is 11.0 Å². The Kier molecular flexibility index (Phi) is 4.12. The van der Waals surface area contributed by atoms with Gasteiger partial charge in [0, 0.05) is 6.42 Å². The molecule has 0 saturated carbocycles. The van der Waals surface area contributed by atoms with E-state index in [4.69, 9.17) is 10.8 Å². The average molecular weight is 309 g/mol. The monoisotopic (exact) mass is 309 g/mol. The highest BCUT2D eigenvalue weighted by Gasteiger charge is 2.21. The molecule has 3 N–H and O–H groups in total. The molecule has 118 valence electrons. The van der Waals surface area contributed by atoms with E-state index in [-0.39, 0.29) is 12.5 Å². The van der Waals surface area contributed by atoms with Crippen LogP contribution in [0.4, 0.5) is 0 Å². The van der Waals surface area contributed by atoms with Gasteiger partial charge in [0.2, 0.25) is 0 Å². The van der Waals surface area contributed by atoms with E-state index < -0.39 is 12.0 Å². The van der Waals surface area contributed by atoms with E-state index in [1.807, 2.05) is 42.5 Å². The number of carboxylic acids is 1. The number of nitrogens with zero attached hydrogens (tertiary/aromatic N) is 2. The van der Waals surface area contributed by atoms with Crippen molar-refractivity contribution in [3.63, 3.8) is 0 Å². The summed E-state index contributed by atoms with van der Waals surface area (Å²) in [5, 5.41) is 9.10. The summed E-state index contributed by atoms with van der Waals surface area (Å²) in [6.45, 7) is 2.08. The zero-order valence-electron chi connectivity index (χ0n) is 12.9. The van der Waals surface area contributed by atoms with E-state index in [0.717, 1.165) is 16.6 Å². The van der Waals surface area contributed by atoms with Crippen LogP contribution in [0.2, 0.25) is 0 Å². The maximum Gasteiger partial charge on any atom is 0.320 e. The van der Waals surface area contributed by atoms with Gasteiger partial charge in [-0.05, 0) is 24.6 Å². The number of aromatic nitrogens is 2. The number of hydrogen-bond acceptors (Lipinski definition) is 3. The van der Waals surface area contributed by atoms with Crippen LogP contribution in [-0.2, 0) is 11.2 Å². The maximum atomic E-state index is 11.1. The Morgan fingerprint density at radius 1 is 1.17 bits per heavy atom. The fourth-order valence-electron chi connectivity index (χ4n) is 2.84. The molecule has 0 aliphatic rings. The zero-order valence-corrected chi connectivity index (χ0v) is 12.9.